The molecule has 0 saturated carbocycles. The number of hydrogen-bond acceptors (Lipinski definition) is 4. The molecule has 4 nitrogen and oxygen atoms in total. The highest BCUT2D eigenvalue weighted by Crippen LogP contribution is 2.29. The van der Waals surface area contributed by atoms with Crippen LogP contribution in [0.5, 0.6) is 0 Å². The maximum atomic E-state index is 12.4. The third kappa shape index (κ3) is 5.50. The van der Waals surface area contributed by atoms with Crippen molar-refractivity contribution < 1.29 is 26.3 Å². The van der Waals surface area contributed by atoms with Crippen LogP contribution in [-0.2, 0) is 12.4 Å². The molecule has 136 valence electrons. The first kappa shape index (κ1) is 18.8. The van der Waals surface area contributed by atoms with Crippen LogP contribution in [0, 0.1) is 0 Å². The lowest BCUT2D eigenvalue weighted by Gasteiger charge is -2.16. The summed E-state index contributed by atoms with van der Waals surface area (Å²) in [5.41, 5.74) is -1.70. The molecule has 0 spiro atoms. The highest BCUT2D eigenvalue weighted by molar-refractivity contribution is 5.39. The highest BCUT2D eigenvalue weighted by Gasteiger charge is 2.31. The normalized spacial score (nSPS) is 13.4. The van der Waals surface area contributed by atoms with Crippen LogP contribution in [0.1, 0.15) is 18.1 Å². The molecule has 0 saturated heterocycles. The van der Waals surface area contributed by atoms with Crippen molar-refractivity contribution in [1.29, 1.82) is 0 Å². The molecular weight excluding hydrogens is 350 g/mol. The lowest BCUT2D eigenvalue weighted by Crippen LogP contribution is -2.25. The number of aromatic nitrogens is 2. The predicted molar refractivity (Wildman–Crippen MR) is 80.1 cm³/mol. The van der Waals surface area contributed by atoms with Crippen molar-refractivity contribution in [1.82, 2.24) is 9.97 Å². The first-order valence-corrected chi connectivity index (χ1v) is 7.12. The maximum Gasteiger partial charge on any atom is 0.417 e. The zero-order chi connectivity index (χ0) is 18.7. The molecule has 0 aromatic carbocycles. The maximum absolute atomic E-state index is 12.4. The third-order valence-corrected chi connectivity index (χ3v) is 3.17. The van der Waals surface area contributed by atoms with Gasteiger partial charge in [0.2, 0.25) is 0 Å². The molecule has 0 radical (unpaired) electrons. The minimum absolute atomic E-state index is 0.252. The summed E-state index contributed by atoms with van der Waals surface area (Å²) in [5, 5.41) is 5.71. The van der Waals surface area contributed by atoms with E-state index in [1.54, 1.807) is 6.92 Å². The number of nitrogens with one attached hydrogen (secondary N) is 2. The second kappa shape index (κ2) is 7.16. The Balaban J connectivity index is 1.87. The Morgan fingerprint density at radius 2 is 1.32 bits per heavy atom. The van der Waals surface area contributed by atoms with Gasteiger partial charge in [0.15, 0.2) is 0 Å². The van der Waals surface area contributed by atoms with Crippen molar-refractivity contribution >= 4 is 11.6 Å². The van der Waals surface area contributed by atoms with Gasteiger partial charge in [-0.25, -0.2) is 9.97 Å². The van der Waals surface area contributed by atoms with Gasteiger partial charge < -0.3 is 10.6 Å². The standard InChI is InChI=1S/C15H14F6N4/c1-9(25-13-5-3-11(8-24-13)15(19,20)21)6-22-12-4-2-10(7-23-12)14(16,17)18/h2-5,7-9H,6H2,1H3,(H,22,23)(H,24,25). The summed E-state index contributed by atoms with van der Waals surface area (Å²) in [5.74, 6) is 0.504. The van der Waals surface area contributed by atoms with Crippen LogP contribution in [0.4, 0.5) is 38.0 Å². The summed E-state index contributed by atoms with van der Waals surface area (Å²) >= 11 is 0. The molecule has 0 aliphatic carbocycles. The monoisotopic (exact) mass is 364 g/mol. The summed E-state index contributed by atoms with van der Waals surface area (Å²) in [4.78, 5) is 7.34. The summed E-state index contributed by atoms with van der Waals surface area (Å²) in [6.07, 6.45) is -7.46. The Morgan fingerprint density at radius 3 is 1.72 bits per heavy atom. The van der Waals surface area contributed by atoms with Crippen LogP contribution in [-0.4, -0.2) is 22.6 Å². The molecule has 1 unspecified atom stereocenters. The Labute approximate surface area is 139 Å². The minimum atomic E-state index is -4.45. The Hall–Kier alpha value is -2.52. The Morgan fingerprint density at radius 1 is 0.840 bits per heavy atom. The fourth-order valence-corrected chi connectivity index (χ4v) is 1.87. The van der Waals surface area contributed by atoms with Gasteiger partial charge >= 0.3 is 12.4 Å². The van der Waals surface area contributed by atoms with Gasteiger partial charge in [0.05, 0.1) is 11.1 Å². The molecule has 0 aliphatic heterocycles. The number of nitrogens with zero attached hydrogens (tertiary/aromatic N) is 2. The van der Waals surface area contributed by atoms with E-state index in [0.29, 0.717) is 0 Å². The fraction of sp³-hybridized carbons (Fsp3) is 0.333. The van der Waals surface area contributed by atoms with Crippen LogP contribution in [0.3, 0.4) is 0 Å². The molecule has 25 heavy (non-hydrogen) atoms. The van der Waals surface area contributed by atoms with Crippen molar-refractivity contribution in [2.24, 2.45) is 0 Å². The number of rotatable bonds is 5. The molecular formula is C15H14F6N4. The van der Waals surface area contributed by atoms with Crippen LogP contribution in [0.25, 0.3) is 0 Å². The van der Waals surface area contributed by atoms with Crippen molar-refractivity contribution in [3.63, 3.8) is 0 Å². The van der Waals surface area contributed by atoms with Gasteiger partial charge in [-0.05, 0) is 31.2 Å². The van der Waals surface area contributed by atoms with E-state index in [1.807, 2.05) is 0 Å². The molecule has 0 fully saturated rings. The SMILES string of the molecule is CC(CNc1ccc(C(F)(F)F)cn1)Nc1ccc(C(F)(F)F)cn1. The minimum Gasteiger partial charge on any atom is -0.368 e. The molecule has 0 amide bonds. The largest absolute Gasteiger partial charge is 0.417 e. The highest BCUT2D eigenvalue weighted by atomic mass is 19.4. The Bertz CT molecular complexity index is 679. The van der Waals surface area contributed by atoms with Gasteiger partial charge in [-0.15, -0.1) is 0 Å². The number of hydrogen-bond donors (Lipinski definition) is 2. The second-order valence-electron chi connectivity index (χ2n) is 5.29. The van der Waals surface area contributed by atoms with Crippen molar-refractivity contribution in [3.8, 4) is 0 Å². The average Bonchev–Trinajstić information content (AvgIpc) is 2.52. The third-order valence-electron chi connectivity index (χ3n) is 3.17. The number of pyridine rings is 2. The van der Waals surface area contributed by atoms with E-state index in [0.717, 1.165) is 24.5 Å². The van der Waals surface area contributed by atoms with Crippen molar-refractivity contribution in [2.75, 3.05) is 17.2 Å². The van der Waals surface area contributed by atoms with Crippen molar-refractivity contribution in [2.45, 2.75) is 25.3 Å². The van der Waals surface area contributed by atoms with Gasteiger partial charge in [0, 0.05) is 25.0 Å². The molecule has 2 N–H and O–H groups in total. The first-order chi connectivity index (χ1) is 11.6. The summed E-state index contributed by atoms with van der Waals surface area (Å²) in [6.45, 7) is 2.01. The zero-order valence-electron chi connectivity index (χ0n) is 12.9. The number of alkyl halides is 6. The van der Waals surface area contributed by atoms with E-state index >= 15 is 0 Å². The van der Waals surface area contributed by atoms with Crippen LogP contribution in [0.2, 0.25) is 0 Å². The van der Waals surface area contributed by atoms with Gasteiger partial charge in [-0.3, -0.25) is 0 Å². The van der Waals surface area contributed by atoms with Crippen LogP contribution < -0.4 is 10.6 Å². The van der Waals surface area contributed by atoms with E-state index in [4.69, 9.17) is 0 Å². The molecule has 2 rings (SSSR count). The molecule has 2 heterocycles. The quantitative estimate of drug-likeness (QED) is 0.771. The van der Waals surface area contributed by atoms with Gasteiger partial charge in [-0.1, -0.05) is 0 Å². The van der Waals surface area contributed by atoms with Crippen LogP contribution >= 0.6 is 0 Å². The topological polar surface area (TPSA) is 49.8 Å². The molecule has 10 heteroatoms. The number of anilines is 2. The van der Waals surface area contributed by atoms with Gasteiger partial charge in [0.25, 0.3) is 0 Å². The van der Waals surface area contributed by atoms with E-state index in [2.05, 4.69) is 20.6 Å². The predicted octanol–water partition coefficient (Wildman–Crippen LogP) is 4.43. The molecule has 2 aromatic heterocycles. The Kier molecular flexibility index (Phi) is 5.39. The van der Waals surface area contributed by atoms with E-state index < -0.39 is 23.5 Å². The van der Waals surface area contributed by atoms with E-state index in [-0.39, 0.29) is 24.2 Å². The van der Waals surface area contributed by atoms with E-state index in [1.165, 1.54) is 12.1 Å². The summed E-state index contributed by atoms with van der Waals surface area (Å²) in [6, 6.07) is 3.97. The summed E-state index contributed by atoms with van der Waals surface area (Å²) < 4.78 is 74.6. The number of halogens is 6. The zero-order valence-corrected chi connectivity index (χ0v) is 12.9. The fourth-order valence-electron chi connectivity index (χ4n) is 1.87. The summed E-state index contributed by atoms with van der Waals surface area (Å²) in [7, 11) is 0. The second-order valence-corrected chi connectivity index (χ2v) is 5.29. The van der Waals surface area contributed by atoms with Gasteiger partial charge in [0.1, 0.15) is 11.6 Å². The molecule has 2 aromatic rings. The molecule has 0 aliphatic rings. The molecule has 0 bridgehead atoms. The average molecular weight is 364 g/mol. The molecule has 1 atom stereocenters. The van der Waals surface area contributed by atoms with Crippen molar-refractivity contribution in [3.05, 3.63) is 47.8 Å². The first-order valence-electron chi connectivity index (χ1n) is 7.12. The van der Waals surface area contributed by atoms with Crippen LogP contribution in [0.15, 0.2) is 36.7 Å². The van der Waals surface area contributed by atoms with Gasteiger partial charge in [-0.2, -0.15) is 26.3 Å². The lowest BCUT2D eigenvalue weighted by molar-refractivity contribution is -0.138. The van der Waals surface area contributed by atoms with E-state index in [9.17, 15) is 26.3 Å². The smallest absolute Gasteiger partial charge is 0.368 e. The lowest BCUT2D eigenvalue weighted by atomic mass is 10.2.